The molecule has 2 heterocycles. The van der Waals surface area contributed by atoms with Crippen molar-refractivity contribution in [2.45, 2.75) is 32.2 Å². The van der Waals surface area contributed by atoms with E-state index in [4.69, 9.17) is 12.2 Å². The van der Waals surface area contributed by atoms with Crippen LogP contribution in [0.1, 0.15) is 26.2 Å². The van der Waals surface area contributed by atoms with Gasteiger partial charge in [-0.2, -0.15) is 0 Å². The number of pyridine rings is 1. The van der Waals surface area contributed by atoms with Gasteiger partial charge in [0, 0.05) is 29.8 Å². The highest BCUT2D eigenvalue weighted by atomic mass is 79.9. The molecule has 1 aliphatic rings. The molecule has 0 amide bonds. The number of likely N-dealkylation sites (tertiary alicyclic amines) is 1. The number of anilines is 1. The zero-order valence-corrected chi connectivity index (χ0v) is 14.1. The molecule has 1 fully saturated rings. The van der Waals surface area contributed by atoms with E-state index in [2.05, 4.69) is 43.4 Å². The van der Waals surface area contributed by atoms with Crippen molar-refractivity contribution in [2.24, 2.45) is 0 Å². The molecular formula is C14H21BrN4S. The lowest BCUT2D eigenvalue weighted by atomic mass is 10.0. The Morgan fingerprint density at radius 1 is 1.50 bits per heavy atom. The Morgan fingerprint density at radius 3 is 3.05 bits per heavy atom. The maximum atomic E-state index is 5.27. The maximum Gasteiger partial charge on any atom is 0.171 e. The first kappa shape index (κ1) is 15.7. The SMILES string of the molecule is CC1CCCCN1CCNC(=S)Nc1ccc(Br)cn1. The summed E-state index contributed by atoms with van der Waals surface area (Å²) in [5.74, 6) is 0.761. The molecule has 1 aliphatic heterocycles. The molecule has 0 spiro atoms. The number of hydrogen-bond acceptors (Lipinski definition) is 3. The van der Waals surface area contributed by atoms with Crippen LogP contribution in [0.3, 0.4) is 0 Å². The quantitative estimate of drug-likeness (QED) is 0.811. The molecule has 0 bridgehead atoms. The van der Waals surface area contributed by atoms with Crippen LogP contribution in [0.5, 0.6) is 0 Å². The third-order valence-corrected chi connectivity index (χ3v) is 4.31. The van der Waals surface area contributed by atoms with Gasteiger partial charge < -0.3 is 10.6 Å². The van der Waals surface area contributed by atoms with Crippen molar-refractivity contribution in [3.8, 4) is 0 Å². The van der Waals surface area contributed by atoms with E-state index in [1.165, 1.54) is 25.8 Å². The predicted molar refractivity (Wildman–Crippen MR) is 91.0 cm³/mol. The maximum absolute atomic E-state index is 5.27. The van der Waals surface area contributed by atoms with E-state index in [0.29, 0.717) is 11.2 Å². The minimum absolute atomic E-state index is 0.629. The summed E-state index contributed by atoms with van der Waals surface area (Å²) in [6, 6.07) is 4.53. The Morgan fingerprint density at radius 2 is 2.35 bits per heavy atom. The number of piperidine rings is 1. The van der Waals surface area contributed by atoms with Gasteiger partial charge in [0.25, 0.3) is 0 Å². The van der Waals surface area contributed by atoms with Crippen LogP contribution in [0.15, 0.2) is 22.8 Å². The van der Waals surface area contributed by atoms with Crippen LogP contribution >= 0.6 is 28.1 Å². The third kappa shape index (κ3) is 5.00. The molecule has 0 aromatic carbocycles. The molecule has 1 unspecified atom stereocenters. The Kier molecular flexibility index (Phi) is 6.19. The molecule has 20 heavy (non-hydrogen) atoms. The van der Waals surface area contributed by atoms with Crippen LogP contribution in [0.4, 0.5) is 5.82 Å². The zero-order chi connectivity index (χ0) is 14.4. The van der Waals surface area contributed by atoms with Crippen molar-refractivity contribution in [1.82, 2.24) is 15.2 Å². The summed E-state index contributed by atoms with van der Waals surface area (Å²) >= 11 is 8.63. The molecule has 1 aromatic rings. The summed E-state index contributed by atoms with van der Waals surface area (Å²) in [5, 5.41) is 6.96. The van der Waals surface area contributed by atoms with E-state index < -0.39 is 0 Å². The van der Waals surface area contributed by atoms with Gasteiger partial charge in [-0.3, -0.25) is 4.90 Å². The second-order valence-corrected chi connectivity index (χ2v) is 6.45. The molecule has 4 nitrogen and oxygen atoms in total. The van der Waals surface area contributed by atoms with Gasteiger partial charge in [0.1, 0.15) is 5.82 Å². The van der Waals surface area contributed by atoms with Crippen molar-refractivity contribution in [3.63, 3.8) is 0 Å². The summed E-state index contributed by atoms with van der Waals surface area (Å²) in [6.45, 7) is 5.42. The highest BCUT2D eigenvalue weighted by molar-refractivity contribution is 9.10. The van der Waals surface area contributed by atoms with E-state index >= 15 is 0 Å². The topological polar surface area (TPSA) is 40.2 Å². The molecule has 0 aliphatic carbocycles. The van der Waals surface area contributed by atoms with E-state index in [9.17, 15) is 0 Å². The third-order valence-electron chi connectivity index (χ3n) is 3.59. The lowest BCUT2D eigenvalue weighted by Crippen LogP contribution is -2.43. The fraction of sp³-hybridized carbons (Fsp3) is 0.571. The number of nitrogens with one attached hydrogen (secondary N) is 2. The largest absolute Gasteiger partial charge is 0.361 e. The van der Waals surface area contributed by atoms with Gasteiger partial charge in [0.05, 0.1) is 0 Å². The molecule has 1 saturated heterocycles. The number of thiocarbonyl (C=S) groups is 1. The molecule has 0 radical (unpaired) electrons. The highest BCUT2D eigenvalue weighted by Crippen LogP contribution is 2.15. The molecule has 110 valence electrons. The Bertz CT molecular complexity index is 437. The van der Waals surface area contributed by atoms with E-state index in [1.54, 1.807) is 6.20 Å². The van der Waals surface area contributed by atoms with Crippen LogP contribution in [0, 0.1) is 0 Å². The number of aromatic nitrogens is 1. The van der Waals surface area contributed by atoms with Crippen molar-refractivity contribution in [1.29, 1.82) is 0 Å². The van der Waals surface area contributed by atoms with Gasteiger partial charge in [-0.1, -0.05) is 6.42 Å². The van der Waals surface area contributed by atoms with Gasteiger partial charge in [-0.15, -0.1) is 0 Å². The molecule has 0 saturated carbocycles. The normalized spacial score (nSPS) is 19.6. The van der Waals surface area contributed by atoms with Gasteiger partial charge >= 0.3 is 0 Å². The van der Waals surface area contributed by atoms with Crippen LogP contribution in [-0.4, -0.2) is 40.7 Å². The first-order valence-corrected chi connectivity index (χ1v) is 8.26. The summed E-state index contributed by atoms with van der Waals surface area (Å²) < 4.78 is 0.959. The second-order valence-electron chi connectivity index (χ2n) is 5.12. The lowest BCUT2D eigenvalue weighted by molar-refractivity contribution is 0.164. The van der Waals surface area contributed by atoms with Crippen LogP contribution in [0.2, 0.25) is 0 Å². The van der Waals surface area contributed by atoms with Gasteiger partial charge in [-0.05, 0) is 66.6 Å². The molecule has 1 aromatic heterocycles. The second kappa shape index (κ2) is 7.90. The lowest BCUT2D eigenvalue weighted by Gasteiger charge is -2.33. The van der Waals surface area contributed by atoms with E-state index in [-0.39, 0.29) is 0 Å². The van der Waals surface area contributed by atoms with Crippen molar-refractivity contribution in [2.75, 3.05) is 25.0 Å². The molecule has 2 rings (SSSR count). The Labute approximate surface area is 134 Å². The zero-order valence-electron chi connectivity index (χ0n) is 11.7. The number of rotatable bonds is 4. The fourth-order valence-electron chi connectivity index (χ4n) is 2.41. The average molecular weight is 357 g/mol. The molecule has 1 atom stereocenters. The predicted octanol–water partition coefficient (Wildman–Crippen LogP) is 3.00. The van der Waals surface area contributed by atoms with Gasteiger partial charge in [0.2, 0.25) is 0 Å². The van der Waals surface area contributed by atoms with Crippen molar-refractivity contribution >= 4 is 39.1 Å². The Hall–Kier alpha value is -0.720. The minimum atomic E-state index is 0.629. The number of halogens is 1. The first-order valence-electron chi connectivity index (χ1n) is 7.05. The van der Waals surface area contributed by atoms with Crippen molar-refractivity contribution in [3.05, 3.63) is 22.8 Å². The molecular weight excluding hydrogens is 336 g/mol. The number of hydrogen-bond donors (Lipinski definition) is 2. The highest BCUT2D eigenvalue weighted by Gasteiger charge is 2.17. The standard InChI is InChI=1S/C14H21BrN4S/c1-11-4-2-3-8-19(11)9-7-16-14(20)18-13-6-5-12(15)10-17-13/h5-6,10-11H,2-4,7-9H2,1H3,(H2,16,17,18,20). The molecule has 2 N–H and O–H groups in total. The minimum Gasteiger partial charge on any atom is -0.361 e. The van der Waals surface area contributed by atoms with Crippen LogP contribution < -0.4 is 10.6 Å². The first-order chi connectivity index (χ1) is 9.65. The van der Waals surface area contributed by atoms with Crippen LogP contribution in [0.25, 0.3) is 0 Å². The fourth-order valence-corrected chi connectivity index (χ4v) is 2.85. The number of nitrogens with zero attached hydrogens (tertiary/aromatic N) is 2. The monoisotopic (exact) mass is 356 g/mol. The Balaban J connectivity index is 1.68. The van der Waals surface area contributed by atoms with Crippen LogP contribution in [-0.2, 0) is 0 Å². The average Bonchev–Trinajstić information content (AvgIpc) is 2.43. The summed E-state index contributed by atoms with van der Waals surface area (Å²) in [4.78, 5) is 6.76. The summed E-state index contributed by atoms with van der Waals surface area (Å²) in [7, 11) is 0. The van der Waals surface area contributed by atoms with Crippen molar-refractivity contribution < 1.29 is 0 Å². The van der Waals surface area contributed by atoms with E-state index in [0.717, 1.165) is 23.4 Å². The molecule has 6 heteroatoms. The summed E-state index contributed by atoms with van der Waals surface area (Å²) in [5.41, 5.74) is 0. The van der Waals surface area contributed by atoms with Gasteiger partial charge in [-0.25, -0.2) is 4.98 Å². The van der Waals surface area contributed by atoms with E-state index in [1.807, 2.05) is 12.1 Å². The smallest absolute Gasteiger partial charge is 0.171 e. The van der Waals surface area contributed by atoms with Gasteiger partial charge in [0.15, 0.2) is 5.11 Å². The summed E-state index contributed by atoms with van der Waals surface area (Å²) in [6.07, 6.45) is 5.74.